The SMILES string of the molecule is Cc1ccccc1Cn1cnc(=NCc2ccco2)c2[nH]cnc21. The molecule has 120 valence electrons. The maximum atomic E-state index is 5.31. The van der Waals surface area contributed by atoms with E-state index in [-0.39, 0.29) is 0 Å². The molecule has 24 heavy (non-hydrogen) atoms. The number of furan rings is 1. The molecule has 6 nitrogen and oxygen atoms in total. The summed E-state index contributed by atoms with van der Waals surface area (Å²) in [5.41, 5.74) is 4.80. The number of hydrogen-bond acceptors (Lipinski definition) is 4. The molecule has 0 aliphatic rings. The number of rotatable bonds is 4. The molecule has 0 spiro atoms. The molecule has 6 heteroatoms. The van der Waals surface area contributed by atoms with Gasteiger partial charge in [0.1, 0.15) is 11.3 Å². The van der Waals surface area contributed by atoms with Crippen LogP contribution in [0.1, 0.15) is 16.9 Å². The van der Waals surface area contributed by atoms with Crippen LogP contribution >= 0.6 is 0 Å². The predicted octanol–water partition coefficient (Wildman–Crippen LogP) is 2.81. The van der Waals surface area contributed by atoms with E-state index in [1.54, 1.807) is 18.9 Å². The lowest BCUT2D eigenvalue weighted by atomic mass is 10.1. The van der Waals surface area contributed by atoms with Gasteiger partial charge in [0.2, 0.25) is 0 Å². The highest BCUT2D eigenvalue weighted by Gasteiger charge is 2.07. The van der Waals surface area contributed by atoms with Crippen LogP contribution in [0.4, 0.5) is 0 Å². The lowest BCUT2D eigenvalue weighted by molar-refractivity contribution is 0.510. The number of nitrogens with one attached hydrogen (secondary N) is 1. The van der Waals surface area contributed by atoms with Gasteiger partial charge in [0, 0.05) is 0 Å². The largest absolute Gasteiger partial charge is 0.467 e. The Balaban J connectivity index is 1.72. The van der Waals surface area contributed by atoms with Gasteiger partial charge >= 0.3 is 0 Å². The number of aryl methyl sites for hydroxylation is 1. The molecule has 1 N–H and O–H groups in total. The Labute approximate surface area is 138 Å². The third kappa shape index (κ3) is 2.74. The summed E-state index contributed by atoms with van der Waals surface area (Å²) >= 11 is 0. The zero-order valence-corrected chi connectivity index (χ0v) is 13.3. The standard InChI is InChI=1S/C18H17N5O/c1-13-5-2-3-6-14(13)10-23-12-22-17(16-18(23)21-11-20-16)19-9-15-7-4-8-24-15/h2-8,11-12H,9-10H2,1H3,(H,20,21). The molecule has 0 atom stereocenters. The Hall–Kier alpha value is -3.15. The number of nitrogens with zero attached hydrogens (tertiary/aromatic N) is 4. The summed E-state index contributed by atoms with van der Waals surface area (Å²) in [6.45, 7) is 3.29. The Morgan fingerprint density at radius 1 is 1.17 bits per heavy atom. The minimum absolute atomic E-state index is 0.454. The van der Waals surface area contributed by atoms with E-state index < -0.39 is 0 Å². The van der Waals surface area contributed by atoms with E-state index in [9.17, 15) is 0 Å². The van der Waals surface area contributed by atoms with Crippen LogP contribution in [-0.2, 0) is 13.1 Å². The first kappa shape index (κ1) is 14.4. The van der Waals surface area contributed by atoms with Gasteiger partial charge in [-0.15, -0.1) is 0 Å². The van der Waals surface area contributed by atoms with E-state index in [1.165, 1.54) is 11.1 Å². The second-order valence-corrected chi connectivity index (χ2v) is 5.62. The molecule has 0 saturated carbocycles. The van der Waals surface area contributed by atoms with E-state index in [4.69, 9.17) is 4.42 Å². The molecule has 0 bridgehead atoms. The van der Waals surface area contributed by atoms with Crippen molar-refractivity contribution in [1.29, 1.82) is 0 Å². The zero-order valence-electron chi connectivity index (χ0n) is 13.3. The lowest BCUT2D eigenvalue weighted by Crippen LogP contribution is -2.15. The molecule has 4 rings (SSSR count). The van der Waals surface area contributed by atoms with Gasteiger partial charge in [0.15, 0.2) is 11.1 Å². The second-order valence-electron chi connectivity index (χ2n) is 5.62. The third-order valence-electron chi connectivity index (χ3n) is 4.00. The van der Waals surface area contributed by atoms with Gasteiger partial charge < -0.3 is 14.0 Å². The number of aromatic nitrogens is 4. The number of imidazole rings is 1. The summed E-state index contributed by atoms with van der Waals surface area (Å²) in [4.78, 5) is 16.6. The summed E-state index contributed by atoms with van der Waals surface area (Å²) in [5.74, 6) is 0.807. The highest BCUT2D eigenvalue weighted by Crippen LogP contribution is 2.12. The van der Waals surface area contributed by atoms with Crippen molar-refractivity contribution in [3.05, 3.63) is 77.7 Å². The van der Waals surface area contributed by atoms with Gasteiger partial charge in [0.05, 0.1) is 32.0 Å². The smallest absolute Gasteiger partial charge is 0.177 e. The molecule has 3 heterocycles. The summed E-state index contributed by atoms with van der Waals surface area (Å²) in [6, 6.07) is 12.1. The van der Waals surface area contributed by atoms with E-state index in [0.29, 0.717) is 12.0 Å². The van der Waals surface area contributed by atoms with Crippen molar-refractivity contribution in [3.63, 3.8) is 0 Å². The van der Waals surface area contributed by atoms with Crippen molar-refractivity contribution in [3.8, 4) is 0 Å². The molecule has 0 amide bonds. The van der Waals surface area contributed by atoms with E-state index in [2.05, 4.69) is 39.0 Å². The molecule has 0 saturated heterocycles. The van der Waals surface area contributed by atoms with E-state index in [1.807, 2.05) is 28.8 Å². The van der Waals surface area contributed by atoms with E-state index in [0.717, 1.165) is 23.5 Å². The van der Waals surface area contributed by atoms with Crippen LogP contribution in [0.15, 0.2) is 64.7 Å². The molecule has 0 radical (unpaired) electrons. The van der Waals surface area contributed by atoms with E-state index >= 15 is 0 Å². The first-order chi connectivity index (χ1) is 11.8. The molecule has 1 aromatic carbocycles. The van der Waals surface area contributed by atoms with Crippen molar-refractivity contribution in [1.82, 2.24) is 19.5 Å². The van der Waals surface area contributed by atoms with Crippen molar-refractivity contribution in [2.45, 2.75) is 20.0 Å². The van der Waals surface area contributed by atoms with Gasteiger partial charge in [-0.05, 0) is 30.2 Å². The van der Waals surface area contributed by atoms with Gasteiger partial charge in [-0.25, -0.2) is 9.97 Å². The lowest BCUT2D eigenvalue weighted by Gasteiger charge is -2.09. The topological polar surface area (TPSA) is 72.0 Å². The number of H-pyrrole nitrogens is 1. The van der Waals surface area contributed by atoms with Crippen molar-refractivity contribution in [2.24, 2.45) is 4.99 Å². The van der Waals surface area contributed by atoms with Crippen LogP contribution < -0.4 is 5.49 Å². The predicted molar refractivity (Wildman–Crippen MR) is 90.1 cm³/mol. The Kier molecular flexibility index (Phi) is 3.70. The number of fused-ring (bicyclic) bond motifs is 1. The molecular formula is C18H17N5O. The molecule has 0 fully saturated rings. The highest BCUT2D eigenvalue weighted by molar-refractivity contribution is 5.68. The van der Waals surface area contributed by atoms with Gasteiger partial charge in [-0.3, -0.25) is 4.99 Å². The van der Waals surface area contributed by atoms with Gasteiger partial charge in [0.25, 0.3) is 0 Å². The van der Waals surface area contributed by atoms with Crippen molar-refractivity contribution < 1.29 is 4.42 Å². The van der Waals surface area contributed by atoms with Crippen molar-refractivity contribution in [2.75, 3.05) is 0 Å². The molecule has 0 aliphatic heterocycles. The summed E-state index contributed by atoms with van der Waals surface area (Å²) in [5, 5.41) is 0. The van der Waals surface area contributed by atoms with Gasteiger partial charge in [-0.1, -0.05) is 24.3 Å². The first-order valence-corrected chi connectivity index (χ1v) is 7.77. The van der Waals surface area contributed by atoms with Crippen LogP contribution in [0.25, 0.3) is 11.2 Å². The molecule has 3 aromatic heterocycles. The molecule has 0 aliphatic carbocycles. The minimum atomic E-state index is 0.454. The fourth-order valence-electron chi connectivity index (χ4n) is 2.67. The fraction of sp³-hybridized carbons (Fsp3) is 0.167. The number of aromatic amines is 1. The average Bonchev–Trinajstić information content (AvgIpc) is 3.27. The summed E-state index contributed by atoms with van der Waals surface area (Å²) in [7, 11) is 0. The average molecular weight is 319 g/mol. The second kappa shape index (κ2) is 6.16. The Bertz CT molecular complexity index is 1030. The normalized spacial score (nSPS) is 12.1. The quantitative estimate of drug-likeness (QED) is 0.628. The minimum Gasteiger partial charge on any atom is -0.467 e. The monoisotopic (exact) mass is 319 g/mol. The molecule has 4 aromatic rings. The van der Waals surface area contributed by atoms with Crippen LogP contribution in [0.5, 0.6) is 0 Å². The fourth-order valence-corrected chi connectivity index (χ4v) is 2.67. The third-order valence-corrected chi connectivity index (χ3v) is 4.00. The maximum Gasteiger partial charge on any atom is 0.177 e. The number of hydrogen-bond donors (Lipinski definition) is 1. The Morgan fingerprint density at radius 2 is 2.08 bits per heavy atom. The van der Waals surface area contributed by atoms with Crippen LogP contribution in [0.2, 0.25) is 0 Å². The Morgan fingerprint density at radius 3 is 2.92 bits per heavy atom. The summed E-state index contributed by atoms with van der Waals surface area (Å²) in [6.07, 6.45) is 5.11. The number of benzene rings is 1. The van der Waals surface area contributed by atoms with Crippen LogP contribution in [0.3, 0.4) is 0 Å². The molecular weight excluding hydrogens is 302 g/mol. The zero-order chi connectivity index (χ0) is 16.4. The maximum absolute atomic E-state index is 5.31. The van der Waals surface area contributed by atoms with Crippen LogP contribution in [-0.4, -0.2) is 19.5 Å². The molecule has 0 unspecified atom stereocenters. The summed E-state index contributed by atoms with van der Waals surface area (Å²) < 4.78 is 7.34. The highest BCUT2D eigenvalue weighted by atomic mass is 16.3. The van der Waals surface area contributed by atoms with Crippen LogP contribution in [0, 0.1) is 6.92 Å². The first-order valence-electron chi connectivity index (χ1n) is 7.77. The van der Waals surface area contributed by atoms with Gasteiger partial charge in [-0.2, -0.15) is 0 Å². The van der Waals surface area contributed by atoms with Crippen molar-refractivity contribution >= 4 is 11.2 Å².